The molecule has 1 aromatic rings. The normalized spacial score (nSPS) is 33.1. The molecule has 3 heterocycles. The fraction of sp³-hybridized carbons (Fsp3) is 0.733. The molecule has 3 aliphatic rings. The van der Waals surface area contributed by atoms with Crippen LogP contribution >= 0.6 is 15.9 Å². The van der Waals surface area contributed by atoms with Crippen molar-refractivity contribution in [3.8, 4) is 0 Å². The van der Waals surface area contributed by atoms with Crippen LogP contribution in [-0.4, -0.2) is 22.2 Å². The molecule has 0 amide bonds. The number of halogens is 1. The molecule has 3 unspecified atom stereocenters. The Balaban J connectivity index is 1.69. The van der Waals surface area contributed by atoms with Gasteiger partial charge in [-0.2, -0.15) is 0 Å². The van der Waals surface area contributed by atoms with E-state index < -0.39 is 0 Å². The third-order valence-electron chi connectivity index (χ3n) is 5.10. The number of ether oxygens (including phenoxy) is 1. The lowest BCUT2D eigenvalue weighted by Crippen LogP contribution is -2.19. The zero-order chi connectivity index (χ0) is 13.7. The Kier molecular flexibility index (Phi) is 3.22. The first-order valence-electron chi connectivity index (χ1n) is 7.70. The van der Waals surface area contributed by atoms with Gasteiger partial charge >= 0.3 is 0 Å². The summed E-state index contributed by atoms with van der Waals surface area (Å²) in [6.07, 6.45) is 9.20. The molecule has 2 bridgehead atoms. The highest BCUT2D eigenvalue weighted by atomic mass is 79.9. The molecule has 1 saturated carbocycles. The van der Waals surface area contributed by atoms with Crippen molar-refractivity contribution in [2.75, 3.05) is 5.73 Å². The highest BCUT2D eigenvalue weighted by Crippen LogP contribution is 2.45. The van der Waals surface area contributed by atoms with Gasteiger partial charge in [0.05, 0.1) is 22.4 Å². The summed E-state index contributed by atoms with van der Waals surface area (Å²) in [7, 11) is 0. The second kappa shape index (κ2) is 4.95. The smallest absolute Gasteiger partial charge is 0.141 e. The van der Waals surface area contributed by atoms with Crippen molar-refractivity contribution < 1.29 is 4.74 Å². The van der Waals surface area contributed by atoms with Gasteiger partial charge in [-0.25, -0.2) is 9.97 Å². The minimum Gasteiger partial charge on any atom is -0.383 e. The van der Waals surface area contributed by atoms with Gasteiger partial charge in [0.15, 0.2) is 0 Å². The van der Waals surface area contributed by atoms with Crippen LogP contribution < -0.4 is 5.73 Å². The molecule has 3 fully saturated rings. The molecule has 4 rings (SSSR count). The number of aromatic nitrogens is 2. The van der Waals surface area contributed by atoms with E-state index in [9.17, 15) is 0 Å². The lowest BCUT2D eigenvalue weighted by molar-refractivity contribution is 0.0998. The van der Waals surface area contributed by atoms with Crippen molar-refractivity contribution in [1.82, 2.24) is 9.97 Å². The van der Waals surface area contributed by atoms with E-state index in [-0.39, 0.29) is 0 Å². The maximum absolute atomic E-state index is 6.12. The van der Waals surface area contributed by atoms with Crippen LogP contribution in [0.1, 0.15) is 68.3 Å². The number of anilines is 1. The summed E-state index contributed by atoms with van der Waals surface area (Å²) in [4.78, 5) is 9.44. The van der Waals surface area contributed by atoms with Gasteiger partial charge in [0.25, 0.3) is 0 Å². The predicted octanol–water partition coefficient (Wildman–Crippen LogP) is 3.51. The Morgan fingerprint density at radius 3 is 2.55 bits per heavy atom. The van der Waals surface area contributed by atoms with Crippen molar-refractivity contribution in [1.29, 1.82) is 0 Å². The molecular weight excluding hydrogens is 318 g/mol. The van der Waals surface area contributed by atoms with Gasteiger partial charge < -0.3 is 10.5 Å². The second-order valence-corrected chi connectivity index (χ2v) is 7.16. The monoisotopic (exact) mass is 337 g/mol. The Hall–Kier alpha value is -0.680. The first-order valence-corrected chi connectivity index (χ1v) is 8.50. The van der Waals surface area contributed by atoms with E-state index in [0.717, 1.165) is 28.8 Å². The van der Waals surface area contributed by atoms with Crippen LogP contribution in [0, 0.1) is 0 Å². The summed E-state index contributed by atoms with van der Waals surface area (Å²) < 4.78 is 6.86. The summed E-state index contributed by atoms with van der Waals surface area (Å²) >= 11 is 3.59. The van der Waals surface area contributed by atoms with Crippen molar-refractivity contribution in [3.05, 3.63) is 16.0 Å². The summed E-state index contributed by atoms with van der Waals surface area (Å²) in [6.45, 7) is 0. The zero-order valence-electron chi connectivity index (χ0n) is 11.5. The first-order chi connectivity index (χ1) is 9.72. The molecule has 4 nitrogen and oxygen atoms in total. The Morgan fingerprint density at radius 1 is 1.10 bits per heavy atom. The van der Waals surface area contributed by atoms with E-state index in [1.165, 1.54) is 32.1 Å². The lowest BCUT2D eigenvalue weighted by atomic mass is 9.88. The zero-order valence-corrected chi connectivity index (χ0v) is 13.1. The van der Waals surface area contributed by atoms with Gasteiger partial charge in [-0.05, 0) is 48.0 Å². The highest BCUT2D eigenvalue weighted by molar-refractivity contribution is 9.10. The van der Waals surface area contributed by atoms with Gasteiger partial charge in [-0.1, -0.05) is 12.8 Å². The first kappa shape index (κ1) is 13.0. The fourth-order valence-electron chi connectivity index (χ4n) is 4.05. The van der Waals surface area contributed by atoms with E-state index >= 15 is 0 Å². The highest BCUT2D eigenvalue weighted by Gasteiger charge is 2.43. The molecule has 0 spiro atoms. The number of rotatable bonds is 2. The molecule has 108 valence electrons. The number of hydrogen-bond acceptors (Lipinski definition) is 4. The number of nitrogens with two attached hydrogens (primary N) is 1. The van der Waals surface area contributed by atoms with Crippen molar-refractivity contribution >= 4 is 21.7 Å². The van der Waals surface area contributed by atoms with E-state index in [1.54, 1.807) is 0 Å². The number of hydrogen-bond donors (Lipinski definition) is 1. The van der Waals surface area contributed by atoms with Crippen LogP contribution in [0.2, 0.25) is 0 Å². The summed E-state index contributed by atoms with van der Waals surface area (Å²) in [5, 5.41) is 0. The number of nitrogens with zero attached hydrogens (tertiary/aromatic N) is 2. The van der Waals surface area contributed by atoms with E-state index in [2.05, 4.69) is 20.9 Å². The molecule has 2 aliphatic heterocycles. The van der Waals surface area contributed by atoms with Gasteiger partial charge in [-0.15, -0.1) is 0 Å². The molecule has 0 aromatic carbocycles. The van der Waals surface area contributed by atoms with Crippen LogP contribution in [0.25, 0.3) is 0 Å². The minimum absolute atomic E-state index is 0.317. The average molecular weight is 338 g/mol. The van der Waals surface area contributed by atoms with Crippen LogP contribution in [0.4, 0.5) is 5.82 Å². The molecular formula is C15H20BrN3O. The average Bonchev–Trinajstić information content (AvgIpc) is 3.18. The Morgan fingerprint density at radius 2 is 1.90 bits per heavy atom. The van der Waals surface area contributed by atoms with Crippen molar-refractivity contribution in [3.63, 3.8) is 0 Å². The van der Waals surface area contributed by atoms with Crippen LogP contribution in [0.15, 0.2) is 4.47 Å². The van der Waals surface area contributed by atoms with Crippen LogP contribution in [-0.2, 0) is 4.74 Å². The second-order valence-electron chi connectivity index (χ2n) is 6.36. The number of fused-ring (bicyclic) bond motifs is 2. The van der Waals surface area contributed by atoms with Crippen LogP contribution in [0.5, 0.6) is 0 Å². The van der Waals surface area contributed by atoms with Gasteiger partial charge in [-0.3, -0.25) is 0 Å². The summed E-state index contributed by atoms with van der Waals surface area (Å²) in [5.74, 6) is 2.41. The minimum atomic E-state index is 0.317. The largest absolute Gasteiger partial charge is 0.383 e. The lowest BCUT2D eigenvalue weighted by Gasteiger charge is -2.20. The van der Waals surface area contributed by atoms with E-state index in [1.807, 2.05) is 0 Å². The number of nitrogen functional groups attached to an aromatic ring is 1. The molecule has 3 atom stereocenters. The summed E-state index contributed by atoms with van der Waals surface area (Å²) in [5.41, 5.74) is 7.25. The Labute approximate surface area is 127 Å². The SMILES string of the molecule is Nc1nc(C2CC3CCC2O3)nc(C2CCCC2)c1Br. The molecule has 2 N–H and O–H groups in total. The predicted molar refractivity (Wildman–Crippen MR) is 80.6 cm³/mol. The topological polar surface area (TPSA) is 61.0 Å². The van der Waals surface area contributed by atoms with Gasteiger partial charge in [0.2, 0.25) is 0 Å². The molecule has 1 aliphatic carbocycles. The van der Waals surface area contributed by atoms with Crippen LogP contribution in [0.3, 0.4) is 0 Å². The maximum Gasteiger partial charge on any atom is 0.141 e. The van der Waals surface area contributed by atoms with E-state index in [4.69, 9.17) is 15.5 Å². The molecule has 0 radical (unpaired) electrons. The van der Waals surface area contributed by atoms with Gasteiger partial charge in [0.1, 0.15) is 11.6 Å². The standard InChI is InChI=1S/C15H20BrN3O/c16-12-13(8-3-1-2-4-8)18-15(19-14(12)17)10-7-9-5-6-11(10)20-9/h8-11H,1-7H2,(H2,17,18,19). The molecule has 2 saturated heterocycles. The Bertz CT molecular complexity index is 530. The maximum atomic E-state index is 6.12. The van der Waals surface area contributed by atoms with Gasteiger partial charge in [0, 0.05) is 11.8 Å². The van der Waals surface area contributed by atoms with Crippen molar-refractivity contribution in [2.24, 2.45) is 0 Å². The fourth-order valence-corrected chi connectivity index (χ4v) is 4.55. The third kappa shape index (κ3) is 2.06. The third-order valence-corrected chi connectivity index (χ3v) is 5.91. The van der Waals surface area contributed by atoms with Crippen molar-refractivity contribution in [2.45, 2.75) is 69.0 Å². The molecule has 5 heteroatoms. The quantitative estimate of drug-likeness (QED) is 0.896. The molecule has 20 heavy (non-hydrogen) atoms. The summed E-state index contributed by atoms with van der Waals surface area (Å²) in [6, 6.07) is 0. The molecule has 1 aromatic heterocycles. The van der Waals surface area contributed by atoms with E-state index in [0.29, 0.717) is 29.9 Å².